The van der Waals surface area contributed by atoms with Gasteiger partial charge in [0, 0.05) is 18.8 Å². The lowest BCUT2D eigenvalue weighted by molar-refractivity contribution is -0.143. The molecule has 0 amide bonds. The molecule has 2 heterocycles. The van der Waals surface area contributed by atoms with Crippen molar-refractivity contribution in [3.8, 4) is 0 Å². The fourth-order valence-corrected chi connectivity index (χ4v) is 2.56. The molecule has 1 saturated heterocycles. The SMILES string of the molecule is C[C@H](NC[C@H]1CCN(CC(F)(F)F)C1)c1ccccn1. The van der Waals surface area contributed by atoms with Crippen molar-refractivity contribution in [2.24, 2.45) is 5.92 Å². The van der Waals surface area contributed by atoms with Crippen molar-refractivity contribution in [2.45, 2.75) is 25.6 Å². The minimum absolute atomic E-state index is 0.118. The molecule has 2 atom stereocenters. The lowest BCUT2D eigenvalue weighted by Crippen LogP contribution is -2.34. The predicted molar refractivity (Wildman–Crippen MR) is 71.3 cm³/mol. The number of nitrogens with one attached hydrogen (secondary N) is 1. The van der Waals surface area contributed by atoms with Gasteiger partial charge >= 0.3 is 6.18 Å². The molecule has 1 N–H and O–H groups in total. The Balaban J connectivity index is 1.73. The smallest absolute Gasteiger partial charge is 0.309 e. The third kappa shape index (κ3) is 4.76. The van der Waals surface area contributed by atoms with Gasteiger partial charge in [0.15, 0.2) is 0 Å². The third-order valence-electron chi connectivity index (χ3n) is 3.62. The maximum absolute atomic E-state index is 12.3. The summed E-state index contributed by atoms with van der Waals surface area (Å²) < 4.78 is 36.9. The molecule has 2 rings (SSSR count). The van der Waals surface area contributed by atoms with E-state index in [2.05, 4.69) is 10.3 Å². The molecule has 3 nitrogen and oxygen atoms in total. The standard InChI is InChI=1S/C14H20F3N3/c1-11(13-4-2-3-6-18-13)19-8-12-5-7-20(9-12)10-14(15,16)17/h2-4,6,11-12,19H,5,7-10H2,1H3/t11-,12+/m0/s1. The van der Waals surface area contributed by atoms with E-state index in [-0.39, 0.29) is 12.0 Å². The van der Waals surface area contributed by atoms with E-state index in [4.69, 9.17) is 0 Å². The summed E-state index contributed by atoms with van der Waals surface area (Å²) in [5.74, 6) is 0.281. The Kier molecular flexibility index (Phi) is 4.99. The first-order valence-electron chi connectivity index (χ1n) is 6.87. The van der Waals surface area contributed by atoms with Gasteiger partial charge in [0.05, 0.1) is 12.2 Å². The van der Waals surface area contributed by atoms with E-state index in [0.29, 0.717) is 13.1 Å². The minimum atomic E-state index is -4.09. The summed E-state index contributed by atoms with van der Waals surface area (Å²) in [6, 6.07) is 5.86. The topological polar surface area (TPSA) is 28.2 Å². The number of alkyl halides is 3. The van der Waals surface area contributed by atoms with Gasteiger partial charge in [-0.25, -0.2) is 0 Å². The van der Waals surface area contributed by atoms with Gasteiger partial charge in [-0.15, -0.1) is 0 Å². The van der Waals surface area contributed by atoms with E-state index in [1.807, 2.05) is 25.1 Å². The fourth-order valence-electron chi connectivity index (χ4n) is 2.56. The summed E-state index contributed by atoms with van der Waals surface area (Å²) >= 11 is 0. The number of nitrogens with zero attached hydrogens (tertiary/aromatic N) is 2. The number of hydrogen-bond donors (Lipinski definition) is 1. The Morgan fingerprint density at radius 3 is 2.90 bits per heavy atom. The zero-order valence-corrected chi connectivity index (χ0v) is 11.5. The minimum Gasteiger partial charge on any atom is -0.309 e. The van der Waals surface area contributed by atoms with Crippen LogP contribution in [0, 0.1) is 5.92 Å². The summed E-state index contributed by atoms with van der Waals surface area (Å²) in [6.07, 6.45) is -1.53. The molecular formula is C14H20F3N3. The van der Waals surface area contributed by atoms with Gasteiger partial charge in [-0.2, -0.15) is 13.2 Å². The van der Waals surface area contributed by atoms with Crippen LogP contribution in [0.1, 0.15) is 25.1 Å². The highest BCUT2D eigenvalue weighted by Gasteiger charge is 2.34. The van der Waals surface area contributed by atoms with Crippen LogP contribution in [0.15, 0.2) is 24.4 Å². The second kappa shape index (κ2) is 6.54. The maximum Gasteiger partial charge on any atom is 0.401 e. The average molecular weight is 287 g/mol. The fraction of sp³-hybridized carbons (Fsp3) is 0.643. The zero-order chi connectivity index (χ0) is 14.6. The highest BCUT2D eigenvalue weighted by atomic mass is 19.4. The molecule has 0 aromatic carbocycles. The van der Waals surface area contributed by atoms with Crippen LogP contribution in [0.3, 0.4) is 0 Å². The predicted octanol–water partition coefficient (Wildman–Crippen LogP) is 2.62. The molecule has 0 radical (unpaired) electrons. The Morgan fingerprint density at radius 2 is 2.25 bits per heavy atom. The molecule has 1 aromatic rings. The largest absolute Gasteiger partial charge is 0.401 e. The van der Waals surface area contributed by atoms with Gasteiger partial charge in [-0.05, 0) is 44.5 Å². The van der Waals surface area contributed by atoms with Gasteiger partial charge in [0.2, 0.25) is 0 Å². The van der Waals surface area contributed by atoms with Gasteiger partial charge in [-0.3, -0.25) is 9.88 Å². The highest BCUT2D eigenvalue weighted by molar-refractivity contribution is 5.07. The Hall–Kier alpha value is -1.14. The van der Waals surface area contributed by atoms with Crippen molar-refractivity contribution in [3.63, 3.8) is 0 Å². The van der Waals surface area contributed by atoms with Crippen LogP contribution >= 0.6 is 0 Å². The van der Waals surface area contributed by atoms with E-state index >= 15 is 0 Å². The number of pyridine rings is 1. The Morgan fingerprint density at radius 1 is 1.45 bits per heavy atom. The van der Waals surface area contributed by atoms with E-state index in [9.17, 15) is 13.2 Å². The Labute approximate surface area is 117 Å². The third-order valence-corrected chi connectivity index (χ3v) is 3.62. The molecule has 0 bridgehead atoms. The molecule has 1 aliphatic heterocycles. The van der Waals surface area contributed by atoms with E-state index in [0.717, 1.165) is 18.7 Å². The van der Waals surface area contributed by atoms with Crippen molar-refractivity contribution in [2.75, 3.05) is 26.2 Å². The van der Waals surface area contributed by atoms with Crippen LogP contribution in [0.2, 0.25) is 0 Å². The average Bonchev–Trinajstić information content (AvgIpc) is 2.82. The normalized spacial score (nSPS) is 22.1. The first-order valence-corrected chi connectivity index (χ1v) is 6.87. The van der Waals surface area contributed by atoms with Crippen molar-refractivity contribution >= 4 is 0 Å². The lowest BCUT2D eigenvalue weighted by atomic mass is 10.1. The summed E-state index contributed by atoms with van der Waals surface area (Å²) in [5.41, 5.74) is 0.956. The van der Waals surface area contributed by atoms with Crippen LogP contribution in [-0.2, 0) is 0 Å². The molecule has 0 saturated carbocycles. The van der Waals surface area contributed by atoms with Crippen LogP contribution < -0.4 is 5.32 Å². The van der Waals surface area contributed by atoms with Gasteiger partial charge in [-0.1, -0.05) is 6.07 Å². The zero-order valence-electron chi connectivity index (χ0n) is 11.5. The molecule has 1 aliphatic rings. The summed E-state index contributed by atoms with van der Waals surface area (Å²) in [7, 11) is 0. The number of rotatable bonds is 5. The molecule has 1 aromatic heterocycles. The molecule has 0 spiro atoms. The van der Waals surface area contributed by atoms with E-state index in [1.54, 1.807) is 6.20 Å². The van der Waals surface area contributed by atoms with Crippen LogP contribution in [0.4, 0.5) is 13.2 Å². The van der Waals surface area contributed by atoms with Gasteiger partial charge in [0.1, 0.15) is 0 Å². The van der Waals surface area contributed by atoms with Crippen LogP contribution in [-0.4, -0.2) is 42.2 Å². The second-order valence-corrected chi connectivity index (χ2v) is 5.39. The molecule has 6 heteroatoms. The van der Waals surface area contributed by atoms with Crippen molar-refractivity contribution in [1.29, 1.82) is 0 Å². The molecular weight excluding hydrogens is 267 g/mol. The number of aromatic nitrogens is 1. The first-order chi connectivity index (χ1) is 9.44. The van der Waals surface area contributed by atoms with Crippen LogP contribution in [0.5, 0.6) is 0 Å². The van der Waals surface area contributed by atoms with E-state index in [1.165, 1.54) is 4.90 Å². The maximum atomic E-state index is 12.3. The van der Waals surface area contributed by atoms with E-state index < -0.39 is 12.7 Å². The molecule has 112 valence electrons. The summed E-state index contributed by atoms with van der Waals surface area (Å²) in [4.78, 5) is 5.75. The summed E-state index contributed by atoms with van der Waals surface area (Å²) in [6.45, 7) is 3.00. The monoisotopic (exact) mass is 287 g/mol. The number of hydrogen-bond acceptors (Lipinski definition) is 3. The molecule has 1 fully saturated rings. The van der Waals surface area contributed by atoms with Gasteiger partial charge < -0.3 is 5.32 Å². The van der Waals surface area contributed by atoms with Crippen molar-refractivity contribution < 1.29 is 13.2 Å². The summed E-state index contributed by atoms with van der Waals surface area (Å²) in [5, 5.41) is 3.35. The quantitative estimate of drug-likeness (QED) is 0.902. The molecule has 0 aliphatic carbocycles. The Bertz CT molecular complexity index is 408. The van der Waals surface area contributed by atoms with Gasteiger partial charge in [0.25, 0.3) is 0 Å². The number of halogens is 3. The van der Waals surface area contributed by atoms with Crippen molar-refractivity contribution in [1.82, 2.24) is 15.2 Å². The number of likely N-dealkylation sites (tertiary alicyclic amines) is 1. The van der Waals surface area contributed by atoms with Crippen molar-refractivity contribution in [3.05, 3.63) is 30.1 Å². The second-order valence-electron chi connectivity index (χ2n) is 5.39. The highest BCUT2D eigenvalue weighted by Crippen LogP contribution is 2.22. The molecule has 0 unspecified atom stereocenters. The lowest BCUT2D eigenvalue weighted by Gasteiger charge is -2.19. The van der Waals surface area contributed by atoms with Crippen LogP contribution in [0.25, 0.3) is 0 Å². The first kappa shape index (κ1) is 15.3. The molecule has 20 heavy (non-hydrogen) atoms.